The van der Waals surface area contributed by atoms with Crippen LogP contribution in [0.3, 0.4) is 0 Å². The summed E-state index contributed by atoms with van der Waals surface area (Å²) in [4.78, 5) is 42.8. The molecule has 12 nitrogen and oxygen atoms in total. The number of aliphatic carboxylic acids is 1. The number of anilines is 1. The summed E-state index contributed by atoms with van der Waals surface area (Å²) in [6, 6.07) is 6.30. The molecule has 0 bridgehead atoms. The zero-order valence-corrected chi connectivity index (χ0v) is 20.5. The maximum absolute atomic E-state index is 12.7. The number of amides is 1. The highest BCUT2D eigenvalue weighted by Crippen LogP contribution is 2.13. The van der Waals surface area contributed by atoms with Crippen LogP contribution in [0.25, 0.3) is 0 Å². The first-order chi connectivity index (χ1) is 17.2. The normalized spacial score (nSPS) is 10.6. The van der Waals surface area contributed by atoms with Crippen LogP contribution in [0.15, 0.2) is 29.2 Å². The molecule has 0 saturated carbocycles. The van der Waals surface area contributed by atoms with E-state index in [1.165, 1.54) is 21.3 Å². The van der Waals surface area contributed by atoms with Crippen LogP contribution >= 0.6 is 0 Å². The third-order valence-corrected chi connectivity index (χ3v) is 4.78. The summed E-state index contributed by atoms with van der Waals surface area (Å²) in [6.45, 7) is 6.63. The van der Waals surface area contributed by atoms with E-state index in [0.717, 1.165) is 6.42 Å². The molecule has 0 aliphatic rings. The van der Waals surface area contributed by atoms with Gasteiger partial charge in [0.15, 0.2) is 5.82 Å². The molecule has 2 aromatic rings. The van der Waals surface area contributed by atoms with Crippen LogP contribution in [0.2, 0.25) is 0 Å². The van der Waals surface area contributed by atoms with E-state index < -0.39 is 12.1 Å². The lowest BCUT2D eigenvalue weighted by Gasteiger charge is -2.13. The second-order valence-electron chi connectivity index (χ2n) is 7.75. The van der Waals surface area contributed by atoms with E-state index in [2.05, 4.69) is 53.1 Å². The van der Waals surface area contributed by atoms with Crippen molar-refractivity contribution in [2.24, 2.45) is 5.73 Å². The van der Waals surface area contributed by atoms with Crippen molar-refractivity contribution in [1.82, 2.24) is 20.3 Å². The summed E-state index contributed by atoms with van der Waals surface area (Å²) >= 11 is 0. The van der Waals surface area contributed by atoms with Gasteiger partial charge in [-0.3, -0.25) is 24.4 Å². The van der Waals surface area contributed by atoms with E-state index in [-0.39, 0.29) is 42.9 Å². The van der Waals surface area contributed by atoms with E-state index in [9.17, 15) is 22.8 Å². The first kappa shape index (κ1) is 30.9. The number of hydroxylamine groups is 1. The third kappa shape index (κ3) is 11.4. The number of hydrogen-bond acceptors (Lipinski definition) is 7. The van der Waals surface area contributed by atoms with Crippen molar-refractivity contribution >= 4 is 23.7 Å². The summed E-state index contributed by atoms with van der Waals surface area (Å²) in [5, 5.41) is 19.8. The number of aryl methyl sites for hydroxylation is 3. The number of nitrogens with two attached hydrogens (primary N) is 1. The van der Waals surface area contributed by atoms with Crippen LogP contribution < -0.4 is 27.4 Å². The molecule has 204 valence electrons. The average Bonchev–Trinajstić information content (AvgIpc) is 2.80. The number of carbonyl (C=O) groups excluding carboxylic acids is 1. The number of carboxylic acids is 1. The molecule has 0 aliphatic carbocycles. The Labute approximate surface area is 210 Å². The summed E-state index contributed by atoms with van der Waals surface area (Å²) < 4.78 is 33.1. The molecule has 1 aromatic heterocycles. The largest absolute Gasteiger partial charge is 0.490 e. The number of alkyl halides is 3. The van der Waals surface area contributed by atoms with Crippen molar-refractivity contribution in [2.75, 3.05) is 25.0 Å². The van der Waals surface area contributed by atoms with Crippen LogP contribution in [0, 0.1) is 26.2 Å². The van der Waals surface area contributed by atoms with E-state index in [0.29, 0.717) is 12.2 Å². The Bertz CT molecular complexity index is 1150. The van der Waals surface area contributed by atoms with Gasteiger partial charge < -0.3 is 21.5 Å². The summed E-state index contributed by atoms with van der Waals surface area (Å²) in [5.41, 5.74) is 11.1. The minimum Gasteiger partial charge on any atom is -0.475 e. The summed E-state index contributed by atoms with van der Waals surface area (Å²) in [7, 11) is 0. The average molecular weight is 530 g/mol. The number of rotatable bonds is 10. The molecular weight excluding hydrogens is 499 g/mol. The van der Waals surface area contributed by atoms with Crippen molar-refractivity contribution < 1.29 is 32.7 Å². The number of nitrogens with zero attached hydrogens (tertiary/aromatic N) is 2. The van der Waals surface area contributed by atoms with Crippen molar-refractivity contribution in [3.8, 4) is 0 Å². The maximum atomic E-state index is 12.7. The Morgan fingerprint density at radius 2 is 1.84 bits per heavy atom. The zero-order valence-electron chi connectivity index (χ0n) is 20.5. The van der Waals surface area contributed by atoms with Gasteiger partial charge in [0.1, 0.15) is 6.54 Å². The lowest BCUT2D eigenvalue weighted by molar-refractivity contribution is -0.192. The molecule has 7 N–H and O–H groups in total. The number of hydrogen-bond donors (Lipinski definition) is 6. The lowest BCUT2D eigenvalue weighted by atomic mass is 10.0. The number of carboxylic acid groups (broad SMARTS) is 1. The molecule has 0 saturated heterocycles. The predicted octanol–water partition coefficient (Wildman–Crippen LogP) is 0.987. The molecule has 0 unspecified atom stereocenters. The number of nitrogens with one attached hydrogen (secondary N) is 4. The van der Waals surface area contributed by atoms with E-state index in [1.807, 2.05) is 0 Å². The number of carbonyl (C=O) groups is 2. The maximum Gasteiger partial charge on any atom is 0.490 e. The zero-order chi connectivity index (χ0) is 28.2. The molecule has 37 heavy (non-hydrogen) atoms. The molecule has 1 amide bonds. The number of aromatic nitrogens is 2. The van der Waals surface area contributed by atoms with E-state index >= 15 is 0 Å². The first-order valence-electron chi connectivity index (χ1n) is 10.9. The fourth-order valence-electron chi connectivity index (χ4n) is 2.74. The molecule has 1 aromatic carbocycles. The van der Waals surface area contributed by atoms with Crippen molar-refractivity contribution in [1.29, 1.82) is 5.41 Å². The number of guanidine groups is 1. The predicted molar refractivity (Wildman–Crippen MR) is 129 cm³/mol. The van der Waals surface area contributed by atoms with Gasteiger partial charge in [0.05, 0.1) is 6.61 Å². The van der Waals surface area contributed by atoms with Gasteiger partial charge in [-0.15, -0.1) is 0 Å². The SMILES string of the molecule is Cc1ccc(CCNc2ncc(C)n(CC(=O)NCCONC(=N)N)c2=O)cc1C.O=C(O)C(F)(F)F. The monoisotopic (exact) mass is 529 g/mol. The van der Waals surface area contributed by atoms with Crippen LogP contribution in [-0.2, 0) is 27.4 Å². The van der Waals surface area contributed by atoms with Gasteiger partial charge >= 0.3 is 12.1 Å². The van der Waals surface area contributed by atoms with Crippen molar-refractivity contribution in [3.63, 3.8) is 0 Å². The summed E-state index contributed by atoms with van der Waals surface area (Å²) in [5.74, 6) is -3.20. The van der Waals surface area contributed by atoms with Crippen LogP contribution in [-0.4, -0.2) is 58.4 Å². The standard InChI is InChI=1S/C20H29N7O3.C2HF3O2/c1-13-4-5-16(10-14(13)2)6-7-24-18-19(29)27(15(3)11-25-18)12-17(28)23-8-9-30-26-20(21)22;3-2(4,5)1(6)7/h4-5,10-11H,6-9,12H2,1-3H3,(H,23,28)(H,24,25)(H4,21,22,26);(H,6,7). The van der Waals surface area contributed by atoms with Gasteiger partial charge in [-0.1, -0.05) is 18.2 Å². The Balaban J connectivity index is 0.000000856. The molecule has 0 atom stereocenters. The minimum absolute atomic E-state index is 0.126. The number of benzene rings is 1. The van der Waals surface area contributed by atoms with Crippen LogP contribution in [0.4, 0.5) is 19.0 Å². The Kier molecular flexibility index (Phi) is 12.0. The third-order valence-electron chi connectivity index (χ3n) is 4.78. The Hall–Kier alpha value is -4.14. The molecule has 15 heteroatoms. The smallest absolute Gasteiger partial charge is 0.475 e. The van der Waals surface area contributed by atoms with Crippen LogP contribution in [0.1, 0.15) is 22.4 Å². The molecule has 1 heterocycles. The van der Waals surface area contributed by atoms with Crippen molar-refractivity contribution in [3.05, 3.63) is 57.1 Å². The lowest BCUT2D eigenvalue weighted by Crippen LogP contribution is -2.37. The van der Waals surface area contributed by atoms with Gasteiger partial charge in [0.2, 0.25) is 11.9 Å². The highest BCUT2D eigenvalue weighted by Gasteiger charge is 2.38. The van der Waals surface area contributed by atoms with Gasteiger partial charge in [-0.25, -0.2) is 15.3 Å². The molecule has 0 aliphatic heterocycles. The van der Waals surface area contributed by atoms with Crippen molar-refractivity contribution in [2.45, 2.75) is 39.9 Å². The highest BCUT2D eigenvalue weighted by atomic mass is 19.4. The molecular formula is C22H30F3N7O5. The summed E-state index contributed by atoms with van der Waals surface area (Å²) in [6.07, 6.45) is -2.77. The van der Waals surface area contributed by atoms with E-state index in [4.69, 9.17) is 25.9 Å². The van der Waals surface area contributed by atoms with Gasteiger partial charge in [0.25, 0.3) is 5.56 Å². The highest BCUT2D eigenvalue weighted by molar-refractivity contribution is 5.76. The fraction of sp³-hybridized carbons (Fsp3) is 0.409. The Morgan fingerprint density at radius 3 is 2.41 bits per heavy atom. The molecule has 2 rings (SSSR count). The topological polar surface area (TPSA) is 184 Å². The second-order valence-corrected chi connectivity index (χ2v) is 7.75. The molecule has 0 fully saturated rings. The molecule has 0 radical (unpaired) electrons. The molecule has 0 spiro atoms. The Morgan fingerprint density at radius 1 is 1.19 bits per heavy atom. The van der Waals surface area contributed by atoms with Gasteiger partial charge in [0, 0.05) is 25.0 Å². The minimum atomic E-state index is -5.08. The quantitative estimate of drug-likeness (QED) is 0.113. The fourth-order valence-corrected chi connectivity index (χ4v) is 2.74. The van der Waals surface area contributed by atoms with Gasteiger partial charge in [-0.2, -0.15) is 13.2 Å². The second kappa shape index (κ2) is 14.4. The number of halogens is 3. The van der Waals surface area contributed by atoms with E-state index in [1.54, 1.807) is 13.1 Å². The van der Waals surface area contributed by atoms with Gasteiger partial charge in [-0.05, 0) is 43.9 Å². The van der Waals surface area contributed by atoms with Crippen LogP contribution in [0.5, 0.6) is 0 Å². The first-order valence-corrected chi connectivity index (χ1v) is 10.9.